The van der Waals surface area contributed by atoms with Crippen LogP contribution in [0.1, 0.15) is 12.7 Å². The van der Waals surface area contributed by atoms with Crippen molar-refractivity contribution >= 4 is 22.7 Å². The van der Waals surface area contributed by atoms with Gasteiger partial charge in [-0.05, 0) is 32.0 Å². The lowest BCUT2D eigenvalue weighted by Gasteiger charge is -2.23. The van der Waals surface area contributed by atoms with Gasteiger partial charge in [0.2, 0.25) is 0 Å². The molecular formula is C13H17N3O2. The minimum absolute atomic E-state index is 0.563. The van der Waals surface area contributed by atoms with Gasteiger partial charge in [-0.3, -0.25) is 0 Å². The summed E-state index contributed by atoms with van der Waals surface area (Å²) in [5.74, 6) is 0.103. The van der Waals surface area contributed by atoms with Crippen LogP contribution in [0.2, 0.25) is 0 Å². The SMILES string of the molecule is Cc1nc2cc(N(C)C(C)C(=O)O)ccc2n1C. The van der Waals surface area contributed by atoms with Crippen molar-refractivity contribution in [1.29, 1.82) is 0 Å². The minimum Gasteiger partial charge on any atom is -0.480 e. The molecule has 0 saturated heterocycles. The van der Waals surface area contributed by atoms with E-state index in [1.807, 2.05) is 36.7 Å². The maximum absolute atomic E-state index is 11.0. The normalized spacial score (nSPS) is 12.7. The maximum Gasteiger partial charge on any atom is 0.326 e. The van der Waals surface area contributed by atoms with Gasteiger partial charge in [-0.2, -0.15) is 0 Å². The summed E-state index contributed by atoms with van der Waals surface area (Å²) in [6.45, 7) is 3.61. The van der Waals surface area contributed by atoms with Crippen molar-refractivity contribution in [1.82, 2.24) is 9.55 Å². The summed E-state index contributed by atoms with van der Waals surface area (Å²) in [7, 11) is 3.74. The van der Waals surface area contributed by atoms with Gasteiger partial charge < -0.3 is 14.6 Å². The van der Waals surface area contributed by atoms with E-state index < -0.39 is 12.0 Å². The molecule has 0 radical (unpaired) electrons. The van der Waals surface area contributed by atoms with E-state index >= 15 is 0 Å². The first-order valence-corrected chi connectivity index (χ1v) is 5.80. The topological polar surface area (TPSA) is 58.4 Å². The van der Waals surface area contributed by atoms with Crippen molar-refractivity contribution in [3.05, 3.63) is 24.0 Å². The summed E-state index contributed by atoms with van der Waals surface area (Å²) >= 11 is 0. The Labute approximate surface area is 106 Å². The number of aromatic nitrogens is 2. The fourth-order valence-corrected chi connectivity index (χ4v) is 1.92. The van der Waals surface area contributed by atoms with E-state index in [2.05, 4.69) is 4.98 Å². The third kappa shape index (κ3) is 1.92. The highest BCUT2D eigenvalue weighted by Crippen LogP contribution is 2.22. The van der Waals surface area contributed by atoms with E-state index in [9.17, 15) is 4.79 Å². The molecule has 0 fully saturated rings. The Morgan fingerprint density at radius 1 is 1.50 bits per heavy atom. The molecule has 0 bridgehead atoms. The van der Waals surface area contributed by atoms with Gasteiger partial charge in [-0.25, -0.2) is 9.78 Å². The predicted molar refractivity (Wildman–Crippen MR) is 71.0 cm³/mol. The number of carboxylic acid groups (broad SMARTS) is 1. The van der Waals surface area contributed by atoms with Crippen LogP contribution in [0.4, 0.5) is 5.69 Å². The first-order valence-electron chi connectivity index (χ1n) is 5.80. The van der Waals surface area contributed by atoms with Gasteiger partial charge in [0.05, 0.1) is 11.0 Å². The van der Waals surface area contributed by atoms with Gasteiger partial charge >= 0.3 is 5.97 Å². The Morgan fingerprint density at radius 3 is 2.78 bits per heavy atom. The lowest BCUT2D eigenvalue weighted by molar-refractivity contribution is -0.138. The molecule has 0 saturated carbocycles. The van der Waals surface area contributed by atoms with Crippen molar-refractivity contribution < 1.29 is 9.90 Å². The van der Waals surface area contributed by atoms with Crippen LogP contribution < -0.4 is 4.90 Å². The number of carbonyl (C=O) groups is 1. The highest BCUT2D eigenvalue weighted by atomic mass is 16.4. The van der Waals surface area contributed by atoms with Crippen LogP contribution in [0, 0.1) is 6.92 Å². The molecule has 1 unspecified atom stereocenters. The number of aryl methyl sites for hydroxylation is 2. The number of nitrogens with zero attached hydrogens (tertiary/aromatic N) is 3. The summed E-state index contributed by atoms with van der Waals surface area (Å²) in [6, 6.07) is 5.24. The zero-order valence-corrected chi connectivity index (χ0v) is 11.0. The second-order valence-corrected chi connectivity index (χ2v) is 4.52. The van der Waals surface area contributed by atoms with Crippen molar-refractivity contribution in [2.24, 2.45) is 7.05 Å². The summed E-state index contributed by atoms with van der Waals surface area (Å²) in [4.78, 5) is 17.2. The zero-order valence-electron chi connectivity index (χ0n) is 11.0. The molecule has 2 aromatic rings. The van der Waals surface area contributed by atoms with E-state index in [1.54, 1.807) is 18.9 Å². The Hall–Kier alpha value is -2.04. The number of benzene rings is 1. The molecule has 1 aromatic heterocycles. The summed E-state index contributed by atoms with van der Waals surface area (Å²) in [6.07, 6.45) is 0. The molecule has 5 nitrogen and oxygen atoms in total. The molecule has 1 N–H and O–H groups in total. The molecule has 0 amide bonds. The molecule has 0 aliphatic carbocycles. The highest BCUT2D eigenvalue weighted by Gasteiger charge is 2.17. The van der Waals surface area contributed by atoms with Crippen LogP contribution >= 0.6 is 0 Å². The molecular weight excluding hydrogens is 230 g/mol. The number of anilines is 1. The fourth-order valence-electron chi connectivity index (χ4n) is 1.92. The summed E-state index contributed by atoms with van der Waals surface area (Å²) in [5.41, 5.74) is 2.79. The third-order valence-electron chi connectivity index (χ3n) is 3.43. The number of rotatable bonds is 3. The lowest BCUT2D eigenvalue weighted by Crippen LogP contribution is -2.35. The van der Waals surface area contributed by atoms with E-state index in [-0.39, 0.29) is 0 Å². The Balaban J connectivity index is 2.44. The molecule has 2 rings (SSSR count). The Kier molecular flexibility index (Phi) is 2.98. The highest BCUT2D eigenvalue weighted by molar-refractivity contribution is 5.83. The van der Waals surface area contributed by atoms with E-state index in [0.717, 1.165) is 22.5 Å². The largest absolute Gasteiger partial charge is 0.480 e. The molecule has 1 atom stereocenters. The van der Waals surface area contributed by atoms with Gasteiger partial charge in [0, 0.05) is 19.8 Å². The van der Waals surface area contributed by atoms with E-state index in [0.29, 0.717) is 0 Å². The van der Waals surface area contributed by atoms with E-state index in [4.69, 9.17) is 5.11 Å². The van der Waals surface area contributed by atoms with Gasteiger partial charge in [0.25, 0.3) is 0 Å². The number of likely N-dealkylation sites (N-methyl/N-ethyl adjacent to an activating group) is 1. The molecule has 0 aliphatic heterocycles. The van der Waals surface area contributed by atoms with Crippen LogP contribution in [0.15, 0.2) is 18.2 Å². The van der Waals surface area contributed by atoms with Crippen molar-refractivity contribution in [3.8, 4) is 0 Å². The Bertz CT molecular complexity index is 604. The monoisotopic (exact) mass is 247 g/mol. The first kappa shape index (κ1) is 12.4. The van der Waals surface area contributed by atoms with Crippen LogP contribution in [0.25, 0.3) is 11.0 Å². The summed E-state index contributed by atoms with van der Waals surface area (Å²) in [5, 5.41) is 9.01. The number of hydrogen-bond acceptors (Lipinski definition) is 3. The predicted octanol–water partition coefficient (Wildman–Crippen LogP) is 1.79. The fraction of sp³-hybridized carbons (Fsp3) is 0.385. The number of carboxylic acids is 1. The number of aliphatic carboxylic acids is 1. The van der Waals surface area contributed by atoms with E-state index in [1.165, 1.54) is 0 Å². The lowest BCUT2D eigenvalue weighted by atomic mass is 10.2. The van der Waals surface area contributed by atoms with Crippen molar-refractivity contribution in [3.63, 3.8) is 0 Å². The molecule has 0 spiro atoms. The molecule has 1 heterocycles. The molecule has 18 heavy (non-hydrogen) atoms. The number of imidazole rings is 1. The van der Waals surface area contributed by atoms with Crippen molar-refractivity contribution in [2.75, 3.05) is 11.9 Å². The Morgan fingerprint density at radius 2 is 2.17 bits per heavy atom. The zero-order chi connectivity index (χ0) is 13.4. The standard InChI is InChI=1S/C13H17N3O2/c1-8(13(17)18)15(3)10-5-6-12-11(7-10)14-9(2)16(12)4/h5-8H,1-4H3,(H,17,18). The molecule has 5 heteroatoms. The summed E-state index contributed by atoms with van der Waals surface area (Å²) < 4.78 is 2.01. The molecule has 1 aromatic carbocycles. The van der Waals surface area contributed by atoms with Gasteiger partial charge in [0.1, 0.15) is 11.9 Å². The van der Waals surface area contributed by atoms with Crippen LogP contribution in [-0.2, 0) is 11.8 Å². The van der Waals surface area contributed by atoms with Crippen LogP contribution in [-0.4, -0.2) is 33.7 Å². The van der Waals surface area contributed by atoms with Crippen LogP contribution in [0.5, 0.6) is 0 Å². The molecule has 0 aliphatic rings. The average Bonchev–Trinajstić information content (AvgIpc) is 2.62. The maximum atomic E-state index is 11.0. The van der Waals surface area contributed by atoms with Crippen LogP contribution in [0.3, 0.4) is 0 Å². The minimum atomic E-state index is -0.838. The number of fused-ring (bicyclic) bond motifs is 1. The van der Waals surface area contributed by atoms with Gasteiger partial charge in [-0.15, -0.1) is 0 Å². The van der Waals surface area contributed by atoms with Gasteiger partial charge in [-0.1, -0.05) is 0 Å². The second kappa shape index (κ2) is 4.33. The number of hydrogen-bond donors (Lipinski definition) is 1. The van der Waals surface area contributed by atoms with Gasteiger partial charge in [0.15, 0.2) is 0 Å². The average molecular weight is 247 g/mol. The van der Waals surface area contributed by atoms with Crippen molar-refractivity contribution in [2.45, 2.75) is 19.9 Å². The first-order chi connectivity index (χ1) is 8.41. The second-order valence-electron chi connectivity index (χ2n) is 4.52. The third-order valence-corrected chi connectivity index (χ3v) is 3.43. The molecule has 96 valence electrons. The smallest absolute Gasteiger partial charge is 0.326 e. The quantitative estimate of drug-likeness (QED) is 0.898.